The fourth-order valence-corrected chi connectivity index (χ4v) is 1.86. The van der Waals surface area contributed by atoms with Crippen molar-refractivity contribution >= 4 is 5.97 Å². The molecule has 0 aliphatic rings. The summed E-state index contributed by atoms with van der Waals surface area (Å²) in [7, 11) is 4.43. The summed E-state index contributed by atoms with van der Waals surface area (Å²) in [5.41, 5.74) is -0.0477. The molecule has 0 aromatic carbocycles. The van der Waals surface area contributed by atoms with E-state index in [1.54, 1.807) is 7.05 Å². The van der Waals surface area contributed by atoms with Crippen molar-refractivity contribution in [1.82, 2.24) is 14.0 Å². The van der Waals surface area contributed by atoms with Crippen LogP contribution < -0.4 is 11.2 Å². The first-order valence-corrected chi connectivity index (χ1v) is 6.45. The molecule has 0 bridgehead atoms. The van der Waals surface area contributed by atoms with Gasteiger partial charge in [0.15, 0.2) is 0 Å². The van der Waals surface area contributed by atoms with Crippen LogP contribution in [0.3, 0.4) is 0 Å². The fourth-order valence-electron chi connectivity index (χ4n) is 1.86. The quantitative estimate of drug-likeness (QED) is 0.656. The summed E-state index contributed by atoms with van der Waals surface area (Å²) in [5, 5.41) is 0. The largest absolute Gasteiger partial charge is 0.469 e. The molecule has 0 unspecified atom stereocenters. The van der Waals surface area contributed by atoms with Crippen molar-refractivity contribution in [2.75, 3.05) is 20.2 Å². The van der Waals surface area contributed by atoms with Gasteiger partial charge in [-0.1, -0.05) is 6.92 Å². The lowest BCUT2D eigenvalue weighted by Gasteiger charge is -2.21. The van der Waals surface area contributed by atoms with Crippen LogP contribution in [0.1, 0.15) is 19.0 Å². The Balaban J connectivity index is 2.88. The van der Waals surface area contributed by atoms with E-state index in [2.05, 4.69) is 4.74 Å². The molecule has 1 aromatic rings. The van der Waals surface area contributed by atoms with Crippen LogP contribution in [-0.4, -0.2) is 40.2 Å². The van der Waals surface area contributed by atoms with Crippen LogP contribution in [0.2, 0.25) is 0 Å². The number of carbonyl (C=O) groups excluding carboxylic acids is 1. The highest BCUT2D eigenvalue weighted by Gasteiger charge is 2.11. The molecule has 1 aromatic heterocycles. The minimum atomic E-state index is -0.350. The molecule has 0 radical (unpaired) electrons. The highest BCUT2D eigenvalue weighted by atomic mass is 16.5. The highest BCUT2D eigenvalue weighted by Crippen LogP contribution is 2.01. The van der Waals surface area contributed by atoms with Gasteiger partial charge in [-0.2, -0.15) is 0 Å². The summed E-state index contributed by atoms with van der Waals surface area (Å²) in [6.07, 6.45) is 0.281. The first-order chi connectivity index (χ1) is 9.40. The Hall–Kier alpha value is -1.89. The standard InChI is InChI=1S/C13H21N3O4/c1-5-16(7-6-12(18)20-4)9-10-8-11(17)15(3)13(19)14(10)2/h8H,5-7,9H2,1-4H3. The smallest absolute Gasteiger partial charge is 0.330 e. The number of aromatic nitrogens is 2. The van der Waals surface area contributed by atoms with Crippen molar-refractivity contribution in [3.05, 3.63) is 32.6 Å². The zero-order valence-corrected chi connectivity index (χ0v) is 12.4. The monoisotopic (exact) mass is 283 g/mol. The van der Waals surface area contributed by atoms with Crippen LogP contribution in [-0.2, 0) is 30.2 Å². The van der Waals surface area contributed by atoms with Crippen LogP contribution in [0.5, 0.6) is 0 Å². The second-order valence-electron chi connectivity index (χ2n) is 4.57. The Labute approximate surface area is 117 Å². The Morgan fingerprint density at radius 3 is 2.50 bits per heavy atom. The number of hydrogen-bond acceptors (Lipinski definition) is 5. The third-order valence-corrected chi connectivity index (χ3v) is 3.32. The lowest BCUT2D eigenvalue weighted by Crippen LogP contribution is -2.39. The molecule has 0 aliphatic heterocycles. The molecule has 0 amide bonds. The molecule has 0 saturated carbocycles. The van der Waals surface area contributed by atoms with Gasteiger partial charge in [-0.25, -0.2) is 4.79 Å². The van der Waals surface area contributed by atoms with Gasteiger partial charge in [-0.3, -0.25) is 23.6 Å². The average Bonchev–Trinajstić information content (AvgIpc) is 2.45. The van der Waals surface area contributed by atoms with E-state index in [9.17, 15) is 14.4 Å². The predicted octanol–water partition coefficient (Wildman–Crippen LogP) is -0.531. The zero-order chi connectivity index (χ0) is 15.3. The van der Waals surface area contributed by atoms with E-state index in [-0.39, 0.29) is 23.6 Å². The molecule has 112 valence electrons. The average molecular weight is 283 g/mol. The maximum Gasteiger partial charge on any atom is 0.330 e. The Morgan fingerprint density at radius 2 is 1.95 bits per heavy atom. The van der Waals surface area contributed by atoms with Gasteiger partial charge in [0.05, 0.1) is 13.5 Å². The van der Waals surface area contributed by atoms with E-state index in [0.29, 0.717) is 25.3 Å². The van der Waals surface area contributed by atoms with Crippen molar-refractivity contribution in [1.29, 1.82) is 0 Å². The molecule has 1 rings (SSSR count). The molecule has 0 aliphatic carbocycles. The first-order valence-electron chi connectivity index (χ1n) is 6.45. The van der Waals surface area contributed by atoms with E-state index in [1.165, 1.54) is 24.8 Å². The number of esters is 1. The summed E-state index contributed by atoms with van der Waals surface area (Å²) in [5.74, 6) is -0.277. The van der Waals surface area contributed by atoms with Crippen LogP contribution in [0, 0.1) is 0 Å². The molecular formula is C13H21N3O4. The predicted molar refractivity (Wildman–Crippen MR) is 74.5 cm³/mol. The molecule has 0 atom stereocenters. The Morgan fingerprint density at radius 1 is 1.30 bits per heavy atom. The Kier molecular flexibility index (Phi) is 5.69. The third-order valence-electron chi connectivity index (χ3n) is 3.32. The van der Waals surface area contributed by atoms with Crippen LogP contribution in [0.15, 0.2) is 15.7 Å². The van der Waals surface area contributed by atoms with Gasteiger partial charge in [-0.05, 0) is 6.54 Å². The Bertz CT molecular complexity index is 588. The molecule has 0 spiro atoms. The van der Waals surface area contributed by atoms with Gasteiger partial charge < -0.3 is 4.74 Å². The van der Waals surface area contributed by atoms with Gasteiger partial charge in [-0.15, -0.1) is 0 Å². The second-order valence-corrected chi connectivity index (χ2v) is 4.57. The van der Waals surface area contributed by atoms with Gasteiger partial charge in [0, 0.05) is 38.9 Å². The van der Waals surface area contributed by atoms with Gasteiger partial charge in [0.1, 0.15) is 0 Å². The van der Waals surface area contributed by atoms with Crippen molar-refractivity contribution in [3.8, 4) is 0 Å². The number of carbonyl (C=O) groups is 1. The number of nitrogens with zero attached hydrogens (tertiary/aromatic N) is 3. The van der Waals surface area contributed by atoms with Gasteiger partial charge in [0.25, 0.3) is 5.56 Å². The normalized spacial score (nSPS) is 10.8. The summed E-state index contributed by atoms with van der Waals surface area (Å²) in [6.45, 7) is 3.62. The van der Waals surface area contributed by atoms with Crippen molar-refractivity contribution in [2.45, 2.75) is 19.9 Å². The van der Waals surface area contributed by atoms with Crippen LogP contribution >= 0.6 is 0 Å². The van der Waals surface area contributed by atoms with Crippen molar-refractivity contribution in [2.24, 2.45) is 14.1 Å². The number of rotatable bonds is 6. The SMILES string of the molecule is CCN(CCC(=O)OC)Cc1cc(=O)n(C)c(=O)n1C. The maximum atomic E-state index is 11.8. The summed E-state index contributed by atoms with van der Waals surface area (Å²) < 4.78 is 7.11. The molecular weight excluding hydrogens is 262 g/mol. The van der Waals surface area contributed by atoms with Crippen LogP contribution in [0.4, 0.5) is 0 Å². The molecule has 20 heavy (non-hydrogen) atoms. The first kappa shape index (κ1) is 16.2. The van der Waals surface area contributed by atoms with E-state index in [0.717, 1.165) is 4.57 Å². The lowest BCUT2D eigenvalue weighted by atomic mass is 10.3. The van der Waals surface area contributed by atoms with Gasteiger partial charge >= 0.3 is 11.7 Å². The van der Waals surface area contributed by atoms with E-state index in [1.807, 2.05) is 11.8 Å². The lowest BCUT2D eigenvalue weighted by molar-refractivity contribution is -0.141. The molecule has 0 saturated heterocycles. The highest BCUT2D eigenvalue weighted by molar-refractivity contribution is 5.69. The van der Waals surface area contributed by atoms with Crippen molar-refractivity contribution < 1.29 is 9.53 Å². The second kappa shape index (κ2) is 7.04. The fraction of sp³-hybridized carbons (Fsp3) is 0.615. The van der Waals surface area contributed by atoms with Gasteiger partial charge in [0.2, 0.25) is 0 Å². The van der Waals surface area contributed by atoms with Crippen molar-refractivity contribution in [3.63, 3.8) is 0 Å². The van der Waals surface area contributed by atoms with E-state index in [4.69, 9.17) is 0 Å². The van der Waals surface area contributed by atoms with E-state index >= 15 is 0 Å². The minimum Gasteiger partial charge on any atom is -0.469 e. The summed E-state index contributed by atoms with van der Waals surface area (Å²) in [6, 6.07) is 1.45. The minimum absolute atomic E-state index is 0.277. The van der Waals surface area contributed by atoms with Crippen LogP contribution in [0.25, 0.3) is 0 Å². The number of methoxy groups -OCH3 is 1. The molecule has 1 heterocycles. The summed E-state index contributed by atoms with van der Waals surface area (Å²) in [4.78, 5) is 36.6. The zero-order valence-electron chi connectivity index (χ0n) is 12.4. The number of ether oxygens (including phenoxy) is 1. The molecule has 0 N–H and O–H groups in total. The molecule has 7 nitrogen and oxygen atoms in total. The number of hydrogen-bond donors (Lipinski definition) is 0. The third kappa shape index (κ3) is 3.80. The maximum absolute atomic E-state index is 11.8. The molecule has 7 heteroatoms. The topological polar surface area (TPSA) is 73.5 Å². The molecule has 0 fully saturated rings. The summed E-state index contributed by atoms with van der Waals surface area (Å²) >= 11 is 0. The van der Waals surface area contributed by atoms with E-state index < -0.39 is 0 Å².